The fourth-order valence-corrected chi connectivity index (χ4v) is 8.57. The first-order valence-electron chi connectivity index (χ1n) is 29.6. The molecule has 0 heterocycles. The number of amides is 13. The van der Waals surface area contributed by atoms with Crippen molar-refractivity contribution in [1.29, 1.82) is 0 Å². The number of aliphatic carboxylic acids is 2. The molecule has 1 aromatic carbocycles. The molecule has 0 unspecified atom stereocenters. The molecule has 0 saturated heterocycles. The van der Waals surface area contributed by atoms with Crippen LogP contribution in [-0.4, -0.2) is 213 Å². The van der Waals surface area contributed by atoms with Gasteiger partial charge in [0.1, 0.15) is 66.2 Å². The molecule has 0 aliphatic rings. The van der Waals surface area contributed by atoms with Gasteiger partial charge >= 0.3 is 11.9 Å². The number of carboxylic acid groups (broad SMARTS) is 2. The van der Waals surface area contributed by atoms with Gasteiger partial charge in [0.25, 0.3) is 0 Å². The largest absolute Gasteiger partial charge is 0.508 e. The average molecular weight is 1320 g/mol. The van der Waals surface area contributed by atoms with Gasteiger partial charge < -0.3 is 113 Å². The summed E-state index contributed by atoms with van der Waals surface area (Å²) in [5.41, 5.74) is 27.1. The molecule has 93 heavy (non-hydrogen) atoms. The lowest BCUT2D eigenvalue weighted by molar-refractivity contribution is -0.144. The van der Waals surface area contributed by atoms with E-state index in [9.17, 15) is 97.5 Å². The minimum absolute atomic E-state index is 0.00612. The van der Waals surface area contributed by atoms with Gasteiger partial charge in [-0.05, 0) is 61.6 Å². The van der Waals surface area contributed by atoms with Crippen LogP contribution in [-0.2, 0) is 78.3 Å². The number of guanidine groups is 1. The molecule has 13 atom stereocenters. The van der Waals surface area contributed by atoms with Gasteiger partial charge in [0.2, 0.25) is 76.8 Å². The fraction of sp³-hybridized carbons (Fsp3) is 0.607. The van der Waals surface area contributed by atoms with Crippen LogP contribution in [0.15, 0.2) is 29.3 Å². The van der Waals surface area contributed by atoms with Crippen molar-refractivity contribution in [3.05, 3.63) is 29.8 Å². The Hall–Kier alpha value is -9.78. The Morgan fingerprint density at radius 1 is 0.505 bits per heavy atom. The average Bonchev–Trinajstić information content (AvgIpc) is 1.10. The zero-order chi connectivity index (χ0) is 71.0. The molecule has 0 spiro atoms. The first-order chi connectivity index (χ1) is 43.5. The lowest BCUT2D eigenvalue weighted by Gasteiger charge is -2.30. The zero-order valence-electron chi connectivity index (χ0n) is 52.8. The molecule has 0 bridgehead atoms. The number of phenolic OH excluding ortho intramolecular Hbond substituents is 1. The highest BCUT2D eigenvalue weighted by Gasteiger charge is 2.38. The van der Waals surface area contributed by atoms with Gasteiger partial charge in [-0.15, -0.1) is 0 Å². The number of nitrogens with zero attached hydrogens (tertiary/aromatic N) is 1. The van der Waals surface area contributed by atoms with Crippen LogP contribution in [0.3, 0.4) is 0 Å². The summed E-state index contributed by atoms with van der Waals surface area (Å²) in [6.45, 7) is 8.17. The molecular weight excluding hydrogens is 1230 g/mol. The van der Waals surface area contributed by atoms with E-state index in [4.69, 9.17) is 28.7 Å². The smallest absolute Gasteiger partial charge is 0.326 e. The standard InChI is InChI=1S/C56H91N17O20/c1-8-26(5)43(53(90)73-45(28(7)75)54(91)67-34(21-41(81)82)50(87)66-33(19-29-12-14-30(76)15-13-29)49(86)68-35(55(92)93)20-38(59)78)71-40(80)23-63-46(83)36(24-74)69-47(84)31(11-10-18-62-56(60)61)64-48(85)32(16-17-37(58)77)65-52(89)44(27(6)9-2)72-51(88)42(25(3)4)70-39(79)22-57/h12-15,25-28,31-36,42-45,74-76H,8-11,16-24,57H2,1-7H3,(H2,58,77)(H2,59,78)(H,63,83)(H,64,85)(H,65,89)(H,66,87)(H,67,91)(H,68,86)(H,69,84)(H,70,79)(H,71,80)(H,72,88)(H,73,90)(H,81,82)(H,92,93)(H4,60,61,62)/t26-,27-,28+,31-,32-,33-,34-,35-,36-,42-,43-,44-,45-/m0/s1. The molecule has 1 rings (SSSR count). The summed E-state index contributed by atoms with van der Waals surface area (Å²) in [5, 5.41) is 75.6. The number of aliphatic hydroxyl groups is 2. The number of aromatic hydroxyl groups is 1. The zero-order valence-corrected chi connectivity index (χ0v) is 52.8. The molecule has 520 valence electrons. The summed E-state index contributed by atoms with van der Waals surface area (Å²) >= 11 is 0. The van der Waals surface area contributed by atoms with E-state index in [1.165, 1.54) is 31.2 Å². The number of primary amides is 2. The number of phenols is 1. The van der Waals surface area contributed by atoms with E-state index in [0.717, 1.165) is 6.92 Å². The van der Waals surface area contributed by atoms with Crippen molar-refractivity contribution in [3.63, 3.8) is 0 Å². The van der Waals surface area contributed by atoms with E-state index in [-0.39, 0.29) is 43.1 Å². The molecule has 37 nitrogen and oxygen atoms in total. The van der Waals surface area contributed by atoms with Crippen LogP contribution < -0.4 is 87.2 Å². The second-order valence-corrected chi connectivity index (χ2v) is 22.2. The van der Waals surface area contributed by atoms with Crippen LogP contribution in [0.4, 0.5) is 0 Å². The topological polar surface area (TPSA) is 632 Å². The maximum Gasteiger partial charge on any atom is 0.326 e. The van der Waals surface area contributed by atoms with E-state index in [1.807, 2.05) is 0 Å². The van der Waals surface area contributed by atoms with Crippen LogP contribution in [0.5, 0.6) is 5.75 Å². The second-order valence-electron chi connectivity index (χ2n) is 22.2. The predicted molar refractivity (Wildman–Crippen MR) is 328 cm³/mol. The lowest BCUT2D eigenvalue weighted by Crippen LogP contribution is -2.62. The van der Waals surface area contributed by atoms with E-state index in [2.05, 4.69) is 63.5 Å². The van der Waals surface area contributed by atoms with Crippen molar-refractivity contribution in [3.8, 4) is 5.75 Å². The summed E-state index contributed by atoms with van der Waals surface area (Å²) in [7, 11) is 0. The van der Waals surface area contributed by atoms with Gasteiger partial charge in [0.05, 0.1) is 38.6 Å². The molecule has 0 aliphatic heterocycles. The van der Waals surface area contributed by atoms with Crippen molar-refractivity contribution in [2.24, 2.45) is 51.4 Å². The fourth-order valence-electron chi connectivity index (χ4n) is 8.57. The molecule has 13 amide bonds. The van der Waals surface area contributed by atoms with E-state index < -0.39 is 225 Å². The van der Waals surface area contributed by atoms with Gasteiger partial charge in [-0.3, -0.25) is 72.1 Å². The first-order valence-corrected chi connectivity index (χ1v) is 29.6. The highest BCUT2D eigenvalue weighted by molar-refractivity contribution is 6.00. The lowest BCUT2D eigenvalue weighted by atomic mass is 9.95. The number of hydrogen-bond acceptors (Lipinski definition) is 20. The monoisotopic (exact) mass is 1320 g/mol. The third-order valence-electron chi connectivity index (χ3n) is 14.3. The summed E-state index contributed by atoms with van der Waals surface area (Å²) in [6.07, 6.45) is -4.96. The van der Waals surface area contributed by atoms with Crippen LogP contribution in [0.2, 0.25) is 0 Å². The minimum Gasteiger partial charge on any atom is -0.508 e. The molecule has 26 N–H and O–H groups in total. The Labute approximate surface area is 535 Å². The third kappa shape index (κ3) is 29.8. The maximum atomic E-state index is 14.1. The Kier molecular flexibility index (Phi) is 35.7. The van der Waals surface area contributed by atoms with Gasteiger partial charge in [-0.2, -0.15) is 0 Å². The highest BCUT2D eigenvalue weighted by Crippen LogP contribution is 2.15. The van der Waals surface area contributed by atoms with E-state index in [0.29, 0.717) is 6.42 Å². The quantitative estimate of drug-likeness (QED) is 0.0164. The van der Waals surface area contributed by atoms with Crippen molar-refractivity contribution >= 4 is 94.7 Å². The number of nitrogens with two attached hydrogens (primary N) is 5. The summed E-state index contributed by atoms with van der Waals surface area (Å²) in [6, 6.07) is -11.6. The number of aliphatic imine (C=N–C) groups is 1. The van der Waals surface area contributed by atoms with Crippen molar-refractivity contribution < 1.29 is 97.5 Å². The van der Waals surface area contributed by atoms with Gasteiger partial charge in [-0.1, -0.05) is 66.5 Å². The Morgan fingerprint density at radius 3 is 1.45 bits per heavy atom. The molecule has 37 heteroatoms. The first kappa shape index (κ1) is 81.2. The molecule has 0 fully saturated rings. The Balaban J connectivity index is 3.42. The Bertz CT molecular complexity index is 2820. The highest BCUT2D eigenvalue weighted by atomic mass is 16.4. The summed E-state index contributed by atoms with van der Waals surface area (Å²) in [5.74, 6) is -19.5. The number of benzene rings is 1. The number of carbonyl (C=O) groups excluding carboxylic acids is 13. The minimum atomic E-state index is -2.07. The molecule has 0 aromatic heterocycles. The second kappa shape index (κ2) is 40.9. The normalized spacial score (nSPS) is 15.2. The van der Waals surface area contributed by atoms with Gasteiger partial charge in [-0.25, -0.2) is 4.79 Å². The van der Waals surface area contributed by atoms with Crippen LogP contribution >= 0.6 is 0 Å². The number of rotatable bonds is 43. The molecule has 1 aromatic rings. The summed E-state index contributed by atoms with van der Waals surface area (Å²) < 4.78 is 0. The summed E-state index contributed by atoms with van der Waals surface area (Å²) in [4.78, 5) is 201. The van der Waals surface area contributed by atoms with Crippen molar-refractivity contribution in [1.82, 2.24) is 58.5 Å². The van der Waals surface area contributed by atoms with Crippen LogP contribution in [0.25, 0.3) is 0 Å². The maximum absolute atomic E-state index is 14.1. The number of carbonyl (C=O) groups is 15. The van der Waals surface area contributed by atoms with Crippen molar-refractivity contribution in [2.75, 3.05) is 26.2 Å². The van der Waals surface area contributed by atoms with E-state index in [1.54, 1.807) is 34.6 Å². The van der Waals surface area contributed by atoms with Gasteiger partial charge in [0, 0.05) is 19.4 Å². The number of nitrogens with one attached hydrogen (secondary N) is 11. The van der Waals surface area contributed by atoms with Gasteiger partial charge in [0.15, 0.2) is 5.96 Å². The molecule has 0 radical (unpaired) electrons. The van der Waals surface area contributed by atoms with E-state index >= 15 is 0 Å². The number of carboxylic acids is 2. The molecule has 0 aliphatic carbocycles. The predicted octanol–water partition coefficient (Wildman–Crippen LogP) is -8.27. The van der Waals surface area contributed by atoms with Crippen molar-refractivity contribution in [2.45, 2.75) is 173 Å². The third-order valence-corrected chi connectivity index (χ3v) is 14.3. The number of aliphatic hydroxyl groups excluding tert-OH is 2. The molecule has 0 saturated carbocycles. The van der Waals surface area contributed by atoms with Crippen LogP contribution in [0.1, 0.15) is 105 Å². The Morgan fingerprint density at radius 2 is 0.957 bits per heavy atom. The number of hydrogen-bond donors (Lipinski definition) is 21. The SMILES string of the molecule is CC[C@H](C)[C@H](NC(=O)CNC(=O)[C@H](CO)NC(=O)[C@H](CCCN=C(N)N)NC(=O)[C@H](CCC(N)=O)NC(=O)[C@@H](NC(=O)[C@@H](NC(=O)CN)C(C)C)[C@@H](C)CC)C(=O)N[C@H](C(=O)N[C@@H](CC(=O)O)C(=O)N[C@@H](Cc1ccc(O)cc1)C(=O)N[C@@H](CC(N)=O)C(=O)O)[C@@H](C)O. The molecular formula is C56H91N17O20. The van der Waals surface area contributed by atoms with Crippen LogP contribution in [0, 0.1) is 17.8 Å².